The maximum Gasteiger partial charge on any atom is 0.276 e. The van der Waals surface area contributed by atoms with Crippen molar-refractivity contribution in [1.29, 1.82) is 0 Å². The molecule has 0 aliphatic heterocycles. The summed E-state index contributed by atoms with van der Waals surface area (Å²) in [5.74, 6) is 2.03. The van der Waals surface area contributed by atoms with E-state index < -0.39 is 0 Å². The molecule has 7 rings (SSSR count). The van der Waals surface area contributed by atoms with Crippen molar-refractivity contribution in [2.75, 3.05) is 0 Å². The molecule has 4 fully saturated rings. The maximum absolute atomic E-state index is 14.3. The van der Waals surface area contributed by atoms with E-state index in [4.69, 9.17) is 0 Å². The van der Waals surface area contributed by atoms with E-state index in [-0.39, 0.29) is 35.3 Å². The molecular formula is C29H35FN4O2. The highest BCUT2D eigenvalue weighted by Gasteiger charge is 2.53. The second kappa shape index (κ2) is 8.56. The highest BCUT2D eigenvalue weighted by molar-refractivity contribution is 5.87. The number of nitrogens with one attached hydrogen (secondary N) is 1. The number of aryl methyl sites for hydroxylation is 2. The molecule has 1 aromatic carbocycles. The normalized spacial score (nSPS) is 27.5. The van der Waals surface area contributed by atoms with Gasteiger partial charge in [-0.25, -0.2) is 9.07 Å². The third kappa shape index (κ3) is 3.78. The number of nitrogens with zero attached hydrogens (tertiary/aromatic N) is 3. The Bertz CT molecular complexity index is 1370. The van der Waals surface area contributed by atoms with Crippen molar-refractivity contribution in [3.05, 3.63) is 63.6 Å². The average Bonchev–Trinajstić information content (AvgIpc) is 3.06. The van der Waals surface area contributed by atoms with Gasteiger partial charge in [-0.15, -0.1) is 0 Å². The fourth-order valence-electron chi connectivity index (χ4n) is 8.08. The Hall–Kier alpha value is -2.96. The van der Waals surface area contributed by atoms with E-state index >= 15 is 0 Å². The molecule has 7 heteroatoms. The Morgan fingerprint density at radius 2 is 1.75 bits per heavy atom. The van der Waals surface area contributed by atoms with Crippen LogP contribution in [0.15, 0.2) is 35.3 Å². The summed E-state index contributed by atoms with van der Waals surface area (Å²) >= 11 is 0. The zero-order valence-corrected chi connectivity index (χ0v) is 21.4. The van der Waals surface area contributed by atoms with E-state index in [2.05, 4.69) is 17.3 Å². The first kappa shape index (κ1) is 23.4. The lowest BCUT2D eigenvalue weighted by Crippen LogP contribution is -2.56. The van der Waals surface area contributed by atoms with Gasteiger partial charge in [-0.1, -0.05) is 18.2 Å². The van der Waals surface area contributed by atoms with Crippen LogP contribution >= 0.6 is 0 Å². The number of aromatic nitrogens is 3. The van der Waals surface area contributed by atoms with E-state index in [1.54, 1.807) is 18.3 Å². The standard InChI is InChI=1S/C29H35FN4O2/c1-17-24-14-31-34(28(36)27(24)18(2)33(17)15-23-6-4-5-7-25(23)30)16-26(35)32-19(3)29-11-20-8-21(12-29)10-22(9-20)13-29/h4-7,14,19-22H,8-13,15-16H2,1-3H3,(H,32,35)/t19-,20?,21?,22?,29?/m1/s1. The lowest BCUT2D eigenvalue weighted by atomic mass is 9.48. The molecule has 0 spiro atoms. The number of halogens is 1. The van der Waals surface area contributed by atoms with Crippen LogP contribution in [0.3, 0.4) is 0 Å². The lowest BCUT2D eigenvalue weighted by molar-refractivity contribution is -0.126. The SMILES string of the molecule is Cc1c2cnn(CC(=O)N[C@H](C)C34CC5CC(CC(C5)C3)C4)c(=O)c2c(C)n1Cc1ccccc1F. The van der Waals surface area contributed by atoms with Crippen LogP contribution < -0.4 is 10.9 Å². The summed E-state index contributed by atoms with van der Waals surface area (Å²) < 4.78 is 17.5. The van der Waals surface area contributed by atoms with Crippen LogP contribution in [0, 0.1) is 42.8 Å². The average molecular weight is 491 g/mol. The molecule has 4 bridgehead atoms. The van der Waals surface area contributed by atoms with E-state index in [0.717, 1.165) is 34.5 Å². The smallest absolute Gasteiger partial charge is 0.276 e. The number of hydrogen-bond donors (Lipinski definition) is 1. The predicted molar refractivity (Wildman–Crippen MR) is 137 cm³/mol. The van der Waals surface area contributed by atoms with Crippen molar-refractivity contribution in [2.24, 2.45) is 23.2 Å². The van der Waals surface area contributed by atoms with Crippen LogP contribution in [0.5, 0.6) is 0 Å². The number of carbonyl (C=O) groups is 1. The monoisotopic (exact) mass is 490 g/mol. The number of rotatable bonds is 6. The van der Waals surface area contributed by atoms with Gasteiger partial charge in [0.2, 0.25) is 5.91 Å². The molecule has 1 atom stereocenters. The van der Waals surface area contributed by atoms with Crippen LogP contribution in [-0.2, 0) is 17.9 Å². The first-order valence-electron chi connectivity index (χ1n) is 13.3. The van der Waals surface area contributed by atoms with Gasteiger partial charge >= 0.3 is 0 Å². The first-order chi connectivity index (χ1) is 17.2. The van der Waals surface area contributed by atoms with Crippen LogP contribution in [-0.4, -0.2) is 26.3 Å². The minimum absolute atomic E-state index is 0.0948. The Morgan fingerprint density at radius 1 is 1.11 bits per heavy atom. The van der Waals surface area contributed by atoms with E-state index in [1.807, 2.05) is 24.5 Å². The van der Waals surface area contributed by atoms with Gasteiger partial charge in [0.15, 0.2) is 0 Å². The van der Waals surface area contributed by atoms with Gasteiger partial charge in [-0.2, -0.15) is 5.10 Å². The molecule has 1 N–H and O–H groups in total. The minimum Gasteiger partial charge on any atom is -0.351 e. The minimum atomic E-state index is -0.280. The third-order valence-corrected chi connectivity index (χ3v) is 9.57. The number of hydrogen-bond acceptors (Lipinski definition) is 3. The molecule has 6 nitrogen and oxygen atoms in total. The van der Waals surface area contributed by atoms with Crippen molar-refractivity contribution in [3.63, 3.8) is 0 Å². The largest absolute Gasteiger partial charge is 0.351 e. The number of carbonyl (C=O) groups excluding carboxylic acids is 1. The van der Waals surface area contributed by atoms with Crippen molar-refractivity contribution >= 4 is 16.7 Å². The topological polar surface area (TPSA) is 68.9 Å². The zero-order chi connectivity index (χ0) is 25.2. The number of fused-ring (bicyclic) bond motifs is 1. The summed E-state index contributed by atoms with van der Waals surface area (Å²) in [6.45, 7) is 6.18. The van der Waals surface area contributed by atoms with Gasteiger partial charge in [-0.3, -0.25) is 9.59 Å². The summed E-state index contributed by atoms with van der Waals surface area (Å²) in [5.41, 5.74) is 2.12. The van der Waals surface area contributed by atoms with E-state index in [9.17, 15) is 14.0 Å². The van der Waals surface area contributed by atoms with Gasteiger partial charge in [0.1, 0.15) is 12.4 Å². The molecule has 2 aromatic heterocycles. The maximum atomic E-state index is 14.3. The highest BCUT2D eigenvalue weighted by atomic mass is 19.1. The molecule has 2 heterocycles. The fourth-order valence-corrected chi connectivity index (χ4v) is 8.08. The molecule has 4 saturated carbocycles. The Morgan fingerprint density at radius 3 is 2.39 bits per heavy atom. The zero-order valence-electron chi connectivity index (χ0n) is 21.4. The van der Waals surface area contributed by atoms with Gasteiger partial charge in [0.05, 0.1) is 18.1 Å². The van der Waals surface area contributed by atoms with E-state index in [1.165, 1.54) is 49.3 Å². The van der Waals surface area contributed by atoms with Crippen LogP contribution in [0.2, 0.25) is 0 Å². The number of amides is 1. The third-order valence-electron chi connectivity index (χ3n) is 9.57. The second-order valence-corrected chi connectivity index (χ2v) is 11.8. The van der Waals surface area contributed by atoms with Crippen molar-refractivity contribution in [1.82, 2.24) is 19.7 Å². The molecule has 4 aliphatic carbocycles. The summed E-state index contributed by atoms with van der Waals surface area (Å²) in [5, 5.41) is 8.87. The molecule has 0 unspecified atom stereocenters. The Balaban J connectivity index is 1.22. The summed E-state index contributed by atoms with van der Waals surface area (Å²) in [6, 6.07) is 6.78. The molecular weight excluding hydrogens is 455 g/mol. The molecule has 190 valence electrons. The Kier molecular flexibility index (Phi) is 5.58. The van der Waals surface area contributed by atoms with Crippen molar-refractivity contribution in [3.8, 4) is 0 Å². The van der Waals surface area contributed by atoms with Crippen molar-refractivity contribution < 1.29 is 9.18 Å². The summed E-state index contributed by atoms with van der Waals surface area (Å²) in [6.07, 6.45) is 9.43. The van der Waals surface area contributed by atoms with Crippen molar-refractivity contribution in [2.45, 2.75) is 78.4 Å². The summed E-state index contributed by atoms with van der Waals surface area (Å²) in [7, 11) is 0. The van der Waals surface area contributed by atoms with Crippen LogP contribution in [0.4, 0.5) is 4.39 Å². The van der Waals surface area contributed by atoms with Gasteiger partial charge in [-0.05, 0) is 88.5 Å². The first-order valence-corrected chi connectivity index (χ1v) is 13.3. The molecule has 3 aromatic rings. The van der Waals surface area contributed by atoms with E-state index in [0.29, 0.717) is 17.5 Å². The highest BCUT2D eigenvalue weighted by Crippen LogP contribution is 2.61. The van der Waals surface area contributed by atoms with Crippen LogP contribution in [0.25, 0.3) is 10.8 Å². The Labute approximate surface area is 210 Å². The molecule has 1 amide bonds. The predicted octanol–water partition coefficient (Wildman–Crippen LogP) is 4.72. The quantitative estimate of drug-likeness (QED) is 0.544. The number of benzene rings is 1. The molecule has 4 aliphatic rings. The van der Waals surface area contributed by atoms with Gasteiger partial charge in [0, 0.05) is 28.4 Å². The fraction of sp³-hybridized carbons (Fsp3) is 0.552. The molecule has 36 heavy (non-hydrogen) atoms. The molecule has 0 radical (unpaired) electrons. The van der Waals surface area contributed by atoms with Gasteiger partial charge in [0.25, 0.3) is 5.56 Å². The second-order valence-electron chi connectivity index (χ2n) is 11.8. The lowest BCUT2D eigenvalue weighted by Gasteiger charge is -2.59. The summed E-state index contributed by atoms with van der Waals surface area (Å²) in [4.78, 5) is 26.5. The van der Waals surface area contributed by atoms with Crippen LogP contribution in [0.1, 0.15) is 62.4 Å². The molecule has 0 saturated heterocycles. The van der Waals surface area contributed by atoms with Gasteiger partial charge < -0.3 is 9.88 Å².